The number of nitrogens with one attached hydrogen (secondary N) is 1. The van der Waals surface area contributed by atoms with Crippen molar-refractivity contribution in [3.63, 3.8) is 0 Å². The van der Waals surface area contributed by atoms with Crippen LogP contribution >= 0.6 is 0 Å². The van der Waals surface area contributed by atoms with Gasteiger partial charge in [-0.15, -0.1) is 0 Å². The van der Waals surface area contributed by atoms with Crippen LogP contribution in [0.1, 0.15) is 40.2 Å². The summed E-state index contributed by atoms with van der Waals surface area (Å²) >= 11 is 0. The lowest BCUT2D eigenvalue weighted by Gasteiger charge is -2.14. The first-order valence-electron chi connectivity index (χ1n) is 4.10. The predicted molar refractivity (Wildman–Crippen MR) is 48.6 cm³/mol. The van der Waals surface area contributed by atoms with Gasteiger partial charge in [-0.1, -0.05) is 34.6 Å². The fourth-order valence-electron chi connectivity index (χ4n) is 0.661. The summed E-state index contributed by atoms with van der Waals surface area (Å²) in [5.41, 5.74) is 1.48. The number of aromatic amines is 1. The molecule has 0 fully saturated rings. The number of rotatable bonds is 0. The molecule has 0 aliphatic rings. The Balaban J connectivity index is 0.000000461. The lowest BCUT2D eigenvalue weighted by atomic mass is 9.90. The molecule has 0 amide bonds. The molecule has 1 aromatic rings. The lowest BCUT2D eigenvalue weighted by Crippen LogP contribution is -2.09. The zero-order valence-corrected chi connectivity index (χ0v) is 8.10. The van der Waals surface area contributed by atoms with Gasteiger partial charge in [-0.2, -0.15) is 5.10 Å². The minimum Gasteiger partial charge on any atom is -0.285 e. The first kappa shape index (κ1) is 10.2. The Hall–Kier alpha value is -0.790. The van der Waals surface area contributed by atoms with Crippen LogP contribution in [-0.4, -0.2) is 10.2 Å². The first-order chi connectivity index (χ1) is 5.11. The molecule has 0 aromatic carbocycles. The molecule has 2 heteroatoms. The molecule has 1 rings (SSSR count). The monoisotopic (exact) mass is 154 g/mol. The fourth-order valence-corrected chi connectivity index (χ4v) is 0.661. The summed E-state index contributed by atoms with van der Waals surface area (Å²) in [4.78, 5) is 0. The first-order valence-corrected chi connectivity index (χ1v) is 4.10. The molecule has 0 saturated carbocycles. The highest BCUT2D eigenvalue weighted by Gasteiger charge is 2.13. The summed E-state index contributed by atoms with van der Waals surface area (Å²) in [7, 11) is 0. The molecule has 11 heavy (non-hydrogen) atoms. The molecule has 1 heterocycles. The van der Waals surface area contributed by atoms with Crippen LogP contribution in [0.25, 0.3) is 0 Å². The van der Waals surface area contributed by atoms with Crippen LogP contribution in [-0.2, 0) is 5.41 Å². The van der Waals surface area contributed by atoms with Gasteiger partial charge in [-0.25, -0.2) is 0 Å². The second-order valence-corrected chi connectivity index (χ2v) is 3.24. The van der Waals surface area contributed by atoms with Crippen molar-refractivity contribution < 1.29 is 0 Å². The predicted octanol–water partition coefficient (Wildman–Crippen LogP) is 2.73. The van der Waals surface area contributed by atoms with E-state index in [9.17, 15) is 0 Å². The van der Waals surface area contributed by atoms with Crippen molar-refractivity contribution in [2.24, 2.45) is 0 Å². The average molecular weight is 154 g/mol. The Bertz CT molecular complexity index is 170. The zero-order valence-electron chi connectivity index (χ0n) is 8.10. The van der Waals surface area contributed by atoms with Gasteiger partial charge in [-0.05, 0) is 11.0 Å². The summed E-state index contributed by atoms with van der Waals surface area (Å²) < 4.78 is 0. The Kier molecular flexibility index (Phi) is 3.86. The number of hydrogen-bond donors (Lipinski definition) is 1. The molecule has 0 radical (unpaired) electrons. The summed E-state index contributed by atoms with van der Waals surface area (Å²) in [6.07, 6.45) is 3.79. The maximum Gasteiger partial charge on any atom is 0.0524 e. The van der Waals surface area contributed by atoms with Gasteiger partial charge in [0.1, 0.15) is 0 Å². The van der Waals surface area contributed by atoms with E-state index in [0.717, 1.165) is 0 Å². The molecule has 0 bridgehead atoms. The lowest BCUT2D eigenvalue weighted by molar-refractivity contribution is 0.590. The summed E-state index contributed by atoms with van der Waals surface area (Å²) in [6.45, 7) is 10.5. The molecular weight excluding hydrogens is 136 g/mol. The van der Waals surface area contributed by atoms with Crippen molar-refractivity contribution in [1.82, 2.24) is 10.2 Å². The van der Waals surface area contributed by atoms with E-state index in [4.69, 9.17) is 0 Å². The quantitative estimate of drug-likeness (QED) is 0.611. The van der Waals surface area contributed by atoms with E-state index in [1.807, 2.05) is 26.2 Å². The molecule has 0 aliphatic heterocycles. The maximum atomic E-state index is 3.86. The van der Waals surface area contributed by atoms with E-state index in [2.05, 4.69) is 31.0 Å². The highest BCUT2D eigenvalue weighted by Crippen LogP contribution is 2.19. The zero-order chi connectivity index (χ0) is 8.91. The highest BCUT2D eigenvalue weighted by molar-refractivity contribution is 5.13. The third-order valence-electron chi connectivity index (χ3n) is 1.36. The molecule has 0 saturated heterocycles. The summed E-state index contributed by atoms with van der Waals surface area (Å²) in [5.74, 6) is 0. The van der Waals surface area contributed by atoms with Crippen LogP contribution < -0.4 is 0 Å². The Morgan fingerprint density at radius 2 is 1.82 bits per heavy atom. The van der Waals surface area contributed by atoms with Crippen molar-refractivity contribution >= 4 is 0 Å². The van der Waals surface area contributed by atoms with Gasteiger partial charge in [0.2, 0.25) is 0 Å². The maximum absolute atomic E-state index is 3.86. The minimum atomic E-state index is 0.229. The van der Waals surface area contributed by atoms with Crippen molar-refractivity contribution in [3.05, 3.63) is 18.0 Å². The standard InChI is InChI=1S/C7H12N2.C2H6/c1-7(2,3)6-4-8-9-5-6;1-2/h4-5H,1-3H3,(H,8,9);1-2H3. The van der Waals surface area contributed by atoms with Gasteiger partial charge in [0.05, 0.1) is 6.20 Å². The van der Waals surface area contributed by atoms with Crippen LogP contribution in [0.4, 0.5) is 0 Å². The molecule has 1 aromatic heterocycles. The Labute approximate surface area is 69.0 Å². The van der Waals surface area contributed by atoms with Gasteiger partial charge in [0.15, 0.2) is 0 Å². The molecule has 0 atom stereocenters. The smallest absolute Gasteiger partial charge is 0.0524 e. The summed E-state index contributed by atoms with van der Waals surface area (Å²) in [5, 5.41) is 6.65. The second kappa shape index (κ2) is 4.16. The Morgan fingerprint density at radius 1 is 1.27 bits per heavy atom. The van der Waals surface area contributed by atoms with Gasteiger partial charge in [0, 0.05) is 6.20 Å². The van der Waals surface area contributed by atoms with E-state index in [1.165, 1.54) is 5.56 Å². The van der Waals surface area contributed by atoms with E-state index >= 15 is 0 Å². The van der Waals surface area contributed by atoms with Crippen LogP contribution in [0.15, 0.2) is 12.4 Å². The topological polar surface area (TPSA) is 28.7 Å². The fraction of sp³-hybridized carbons (Fsp3) is 0.667. The van der Waals surface area contributed by atoms with Crippen LogP contribution in [0.5, 0.6) is 0 Å². The van der Waals surface area contributed by atoms with Gasteiger partial charge < -0.3 is 0 Å². The van der Waals surface area contributed by atoms with E-state index in [0.29, 0.717) is 0 Å². The summed E-state index contributed by atoms with van der Waals surface area (Å²) in [6, 6.07) is 0. The van der Waals surface area contributed by atoms with Crippen LogP contribution in [0, 0.1) is 0 Å². The molecule has 0 unspecified atom stereocenters. The number of nitrogens with zero attached hydrogens (tertiary/aromatic N) is 1. The SMILES string of the molecule is CC.CC(C)(C)c1cn[nH]c1. The largest absolute Gasteiger partial charge is 0.285 e. The molecule has 0 aliphatic carbocycles. The van der Waals surface area contributed by atoms with Gasteiger partial charge in [0.25, 0.3) is 0 Å². The van der Waals surface area contributed by atoms with E-state index in [-0.39, 0.29) is 5.41 Å². The number of aromatic nitrogens is 2. The average Bonchev–Trinajstić information content (AvgIpc) is 2.40. The normalized spacial score (nSPS) is 10.3. The third kappa shape index (κ3) is 3.21. The van der Waals surface area contributed by atoms with Gasteiger partial charge >= 0.3 is 0 Å². The Morgan fingerprint density at radius 3 is 2.00 bits per heavy atom. The molecular formula is C9H18N2. The second-order valence-electron chi connectivity index (χ2n) is 3.24. The van der Waals surface area contributed by atoms with Crippen molar-refractivity contribution in [2.75, 3.05) is 0 Å². The van der Waals surface area contributed by atoms with Crippen LogP contribution in [0.3, 0.4) is 0 Å². The van der Waals surface area contributed by atoms with Gasteiger partial charge in [-0.3, -0.25) is 5.10 Å². The minimum absolute atomic E-state index is 0.229. The van der Waals surface area contributed by atoms with Crippen molar-refractivity contribution in [1.29, 1.82) is 0 Å². The molecule has 0 spiro atoms. The highest BCUT2D eigenvalue weighted by atomic mass is 15.1. The van der Waals surface area contributed by atoms with E-state index in [1.54, 1.807) is 0 Å². The number of H-pyrrole nitrogens is 1. The van der Waals surface area contributed by atoms with Crippen molar-refractivity contribution in [3.8, 4) is 0 Å². The number of hydrogen-bond acceptors (Lipinski definition) is 1. The molecule has 64 valence electrons. The van der Waals surface area contributed by atoms with E-state index < -0.39 is 0 Å². The van der Waals surface area contributed by atoms with Crippen molar-refractivity contribution in [2.45, 2.75) is 40.0 Å². The van der Waals surface area contributed by atoms with Crippen LogP contribution in [0.2, 0.25) is 0 Å². The molecule has 2 nitrogen and oxygen atoms in total. The third-order valence-corrected chi connectivity index (χ3v) is 1.36. The molecule has 1 N–H and O–H groups in total.